The highest BCUT2D eigenvalue weighted by atomic mass is 16.6. The smallest absolute Gasteiger partial charge is 0.214 e. The van der Waals surface area contributed by atoms with Crippen molar-refractivity contribution in [2.75, 3.05) is 19.6 Å². The van der Waals surface area contributed by atoms with Crippen molar-refractivity contribution in [1.82, 2.24) is 10.6 Å². The van der Waals surface area contributed by atoms with Crippen LogP contribution < -0.4 is 10.6 Å². The number of rotatable bonds is 7. The summed E-state index contributed by atoms with van der Waals surface area (Å²) < 4.78 is 5.22. The third-order valence-corrected chi connectivity index (χ3v) is 1.46. The summed E-state index contributed by atoms with van der Waals surface area (Å²) in [6, 6.07) is 0. The van der Waals surface area contributed by atoms with E-state index in [0.717, 1.165) is 0 Å². The number of hydrogen-bond donors (Lipinski definition) is 3. The number of aliphatic hydroxyl groups excluding tert-OH is 1. The van der Waals surface area contributed by atoms with Gasteiger partial charge in [-0.2, -0.15) is 0 Å². The topological polar surface area (TPSA) is 70.6 Å². The number of Topliss-reactive ketones (excluding diaryl/α,β-unsaturated/α-hetero) is 1. The average Bonchev–Trinajstić information content (AvgIpc) is 1.99. The molecule has 0 rings (SSSR count). The molecular weight excluding hydrogens is 196 g/mol. The summed E-state index contributed by atoms with van der Waals surface area (Å²) in [5.74, 6) is 0.0986. The van der Waals surface area contributed by atoms with Gasteiger partial charge < -0.3 is 15.2 Å². The predicted molar refractivity (Wildman–Crippen MR) is 58.4 cm³/mol. The number of aliphatic hydroxyl groups is 1. The summed E-state index contributed by atoms with van der Waals surface area (Å²) in [6.07, 6.45) is -0.968. The SMILES string of the molecule is CC(=O)CNCCNC(O)OC(C)(C)C. The fraction of sp³-hybridized carbons (Fsp3) is 0.900. The number of hydrogen-bond acceptors (Lipinski definition) is 5. The minimum absolute atomic E-state index is 0.0986. The van der Waals surface area contributed by atoms with Gasteiger partial charge in [-0.1, -0.05) is 0 Å². The van der Waals surface area contributed by atoms with Crippen LogP contribution in [0.1, 0.15) is 27.7 Å². The molecule has 0 heterocycles. The van der Waals surface area contributed by atoms with Crippen molar-refractivity contribution in [3.8, 4) is 0 Å². The molecule has 0 aromatic carbocycles. The quantitative estimate of drug-likeness (QED) is 0.409. The zero-order chi connectivity index (χ0) is 11.9. The van der Waals surface area contributed by atoms with Gasteiger partial charge in [-0.25, -0.2) is 0 Å². The lowest BCUT2D eigenvalue weighted by molar-refractivity contribution is -0.180. The van der Waals surface area contributed by atoms with Crippen molar-refractivity contribution in [2.24, 2.45) is 0 Å². The third kappa shape index (κ3) is 11.4. The van der Waals surface area contributed by atoms with Crippen molar-refractivity contribution < 1.29 is 14.6 Å². The van der Waals surface area contributed by atoms with E-state index in [1.807, 2.05) is 20.8 Å². The molecule has 0 aromatic heterocycles. The predicted octanol–water partition coefficient (Wildman–Crippen LogP) is -0.154. The molecule has 0 fully saturated rings. The van der Waals surface area contributed by atoms with E-state index < -0.39 is 6.41 Å². The van der Waals surface area contributed by atoms with E-state index in [9.17, 15) is 9.90 Å². The first-order valence-corrected chi connectivity index (χ1v) is 5.11. The zero-order valence-corrected chi connectivity index (χ0v) is 9.96. The van der Waals surface area contributed by atoms with Gasteiger partial charge in [-0.3, -0.25) is 10.1 Å². The number of carbonyl (C=O) groups is 1. The maximum Gasteiger partial charge on any atom is 0.214 e. The van der Waals surface area contributed by atoms with Crippen LogP contribution in [0.5, 0.6) is 0 Å². The van der Waals surface area contributed by atoms with Gasteiger partial charge in [0.1, 0.15) is 5.78 Å². The Labute approximate surface area is 91.2 Å². The van der Waals surface area contributed by atoms with Gasteiger partial charge in [0, 0.05) is 13.1 Å². The van der Waals surface area contributed by atoms with E-state index in [0.29, 0.717) is 19.6 Å². The van der Waals surface area contributed by atoms with Gasteiger partial charge in [0.15, 0.2) is 0 Å². The van der Waals surface area contributed by atoms with Crippen LogP contribution in [0.2, 0.25) is 0 Å². The number of carbonyl (C=O) groups excluding carboxylic acids is 1. The molecule has 0 aliphatic rings. The Hall–Kier alpha value is -0.490. The Balaban J connectivity index is 3.39. The molecule has 0 aromatic rings. The Morgan fingerprint density at radius 3 is 2.47 bits per heavy atom. The van der Waals surface area contributed by atoms with E-state index in [1.165, 1.54) is 6.92 Å². The lowest BCUT2D eigenvalue weighted by Crippen LogP contribution is -2.41. The van der Waals surface area contributed by atoms with E-state index in [4.69, 9.17) is 4.74 Å². The van der Waals surface area contributed by atoms with Crippen molar-refractivity contribution in [3.05, 3.63) is 0 Å². The first-order valence-electron chi connectivity index (χ1n) is 5.11. The molecule has 0 radical (unpaired) electrons. The van der Waals surface area contributed by atoms with Gasteiger partial charge in [0.05, 0.1) is 12.1 Å². The van der Waals surface area contributed by atoms with Gasteiger partial charge in [0.25, 0.3) is 0 Å². The Morgan fingerprint density at radius 1 is 1.40 bits per heavy atom. The van der Waals surface area contributed by atoms with Crippen LogP contribution in [0.3, 0.4) is 0 Å². The van der Waals surface area contributed by atoms with Crippen LogP contribution >= 0.6 is 0 Å². The summed E-state index contributed by atoms with van der Waals surface area (Å²) in [7, 11) is 0. The fourth-order valence-electron chi connectivity index (χ4n) is 0.925. The van der Waals surface area contributed by atoms with Crippen LogP contribution in [0, 0.1) is 0 Å². The lowest BCUT2D eigenvalue weighted by Gasteiger charge is -2.24. The van der Waals surface area contributed by atoms with E-state index in [1.54, 1.807) is 0 Å². The monoisotopic (exact) mass is 218 g/mol. The molecular formula is C10H22N2O3. The number of nitrogens with one attached hydrogen (secondary N) is 2. The van der Waals surface area contributed by atoms with Gasteiger partial charge in [-0.15, -0.1) is 0 Å². The van der Waals surface area contributed by atoms with Crippen LogP contribution in [-0.4, -0.2) is 42.5 Å². The summed E-state index contributed by atoms with van der Waals surface area (Å²) in [5.41, 5.74) is -0.376. The van der Waals surface area contributed by atoms with Crippen LogP contribution in [0.4, 0.5) is 0 Å². The standard InChI is InChI=1S/C10H22N2O3/c1-8(13)7-11-5-6-12-9(14)15-10(2,3)4/h9,11-12,14H,5-7H2,1-4H3. The minimum Gasteiger partial charge on any atom is -0.356 e. The number of ether oxygens (including phenoxy) is 1. The van der Waals surface area contributed by atoms with E-state index in [2.05, 4.69) is 10.6 Å². The second kappa shape index (κ2) is 6.90. The van der Waals surface area contributed by atoms with E-state index >= 15 is 0 Å². The van der Waals surface area contributed by atoms with Crippen LogP contribution in [0.15, 0.2) is 0 Å². The molecule has 15 heavy (non-hydrogen) atoms. The second-order valence-electron chi connectivity index (χ2n) is 4.42. The molecule has 3 N–H and O–H groups in total. The van der Waals surface area contributed by atoms with Gasteiger partial charge in [0.2, 0.25) is 6.41 Å². The van der Waals surface area contributed by atoms with Crippen molar-refractivity contribution in [1.29, 1.82) is 0 Å². The molecule has 1 atom stereocenters. The fourth-order valence-corrected chi connectivity index (χ4v) is 0.925. The molecule has 1 unspecified atom stereocenters. The second-order valence-corrected chi connectivity index (χ2v) is 4.42. The minimum atomic E-state index is -0.968. The van der Waals surface area contributed by atoms with Crippen molar-refractivity contribution in [2.45, 2.75) is 39.7 Å². The molecule has 0 aliphatic heterocycles. The number of ketones is 1. The molecule has 0 aliphatic carbocycles. The average molecular weight is 218 g/mol. The molecule has 5 nitrogen and oxygen atoms in total. The third-order valence-electron chi connectivity index (χ3n) is 1.46. The van der Waals surface area contributed by atoms with Crippen molar-refractivity contribution in [3.63, 3.8) is 0 Å². The Morgan fingerprint density at radius 2 is 2.00 bits per heavy atom. The zero-order valence-electron chi connectivity index (χ0n) is 9.96. The highest BCUT2D eigenvalue weighted by Crippen LogP contribution is 2.07. The lowest BCUT2D eigenvalue weighted by atomic mass is 10.2. The molecule has 5 heteroatoms. The summed E-state index contributed by atoms with van der Waals surface area (Å²) in [4.78, 5) is 10.6. The molecule has 90 valence electrons. The largest absolute Gasteiger partial charge is 0.356 e. The Bertz CT molecular complexity index is 190. The summed E-state index contributed by atoms with van der Waals surface area (Å²) >= 11 is 0. The van der Waals surface area contributed by atoms with Gasteiger partial charge in [-0.05, 0) is 27.7 Å². The Kier molecular flexibility index (Phi) is 6.67. The first kappa shape index (κ1) is 14.5. The van der Waals surface area contributed by atoms with Crippen LogP contribution in [-0.2, 0) is 9.53 Å². The first-order chi connectivity index (χ1) is 6.81. The molecule has 0 spiro atoms. The maximum absolute atomic E-state index is 10.6. The molecule has 0 amide bonds. The van der Waals surface area contributed by atoms with E-state index in [-0.39, 0.29) is 11.4 Å². The molecule has 0 bridgehead atoms. The summed E-state index contributed by atoms with van der Waals surface area (Å²) in [6.45, 7) is 8.65. The van der Waals surface area contributed by atoms with Gasteiger partial charge >= 0.3 is 0 Å². The normalized spacial score (nSPS) is 13.9. The van der Waals surface area contributed by atoms with Crippen molar-refractivity contribution >= 4 is 5.78 Å². The summed E-state index contributed by atoms with van der Waals surface area (Å²) in [5, 5.41) is 15.1. The highest BCUT2D eigenvalue weighted by Gasteiger charge is 2.15. The van der Waals surface area contributed by atoms with Crippen LogP contribution in [0.25, 0.3) is 0 Å². The maximum atomic E-state index is 10.6. The molecule has 0 saturated carbocycles. The molecule has 0 saturated heterocycles. The highest BCUT2D eigenvalue weighted by molar-refractivity contribution is 5.77.